The summed E-state index contributed by atoms with van der Waals surface area (Å²) in [5, 5.41) is 5.99. The van der Waals surface area contributed by atoms with Gasteiger partial charge in [-0.25, -0.2) is 18.7 Å². The third-order valence-electron chi connectivity index (χ3n) is 6.62. The number of hydrogen-bond donors (Lipinski definition) is 2. The molecule has 0 spiro atoms. The number of likely N-dealkylation sites (tertiary alicyclic amines) is 1. The molecule has 7 nitrogen and oxygen atoms in total. The second-order valence-corrected chi connectivity index (χ2v) is 9.40. The van der Waals surface area contributed by atoms with E-state index in [-0.39, 0.29) is 16.5 Å². The lowest BCUT2D eigenvalue weighted by Gasteiger charge is -2.30. The summed E-state index contributed by atoms with van der Waals surface area (Å²) < 4.78 is 30.3. The fourth-order valence-electron chi connectivity index (χ4n) is 4.46. The Labute approximate surface area is 218 Å². The van der Waals surface area contributed by atoms with E-state index in [0.717, 1.165) is 37.3 Å². The van der Waals surface area contributed by atoms with Gasteiger partial charge in [-0.15, -0.1) is 0 Å². The van der Waals surface area contributed by atoms with Gasteiger partial charge in [-0.2, -0.15) is 0 Å². The predicted octanol–water partition coefficient (Wildman–Crippen LogP) is 5.46. The van der Waals surface area contributed by atoms with Crippen LogP contribution in [-0.4, -0.2) is 51.4 Å². The van der Waals surface area contributed by atoms with E-state index in [0.29, 0.717) is 35.7 Å². The van der Waals surface area contributed by atoms with Crippen LogP contribution in [0.4, 0.5) is 20.3 Å². The molecule has 2 N–H and O–H groups in total. The van der Waals surface area contributed by atoms with Crippen LogP contribution in [0.3, 0.4) is 0 Å². The monoisotopic (exact) mass is 524 g/mol. The van der Waals surface area contributed by atoms with Crippen molar-refractivity contribution in [3.8, 4) is 11.3 Å². The number of carbonyl (C=O) groups excluding carboxylic acids is 1. The number of nitrogens with one attached hydrogen (secondary N) is 2. The van der Waals surface area contributed by atoms with Crippen LogP contribution < -0.4 is 10.6 Å². The maximum absolute atomic E-state index is 14.6. The number of imidazole rings is 1. The van der Waals surface area contributed by atoms with E-state index in [4.69, 9.17) is 11.6 Å². The minimum atomic E-state index is -1.10. The van der Waals surface area contributed by atoms with Gasteiger partial charge in [-0.1, -0.05) is 18.5 Å². The molecule has 3 heterocycles. The van der Waals surface area contributed by atoms with E-state index in [1.54, 1.807) is 22.9 Å². The summed E-state index contributed by atoms with van der Waals surface area (Å²) in [5.41, 5.74) is 3.13. The van der Waals surface area contributed by atoms with Gasteiger partial charge in [-0.3, -0.25) is 9.20 Å². The van der Waals surface area contributed by atoms with Crippen molar-refractivity contribution in [1.29, 1.82) is 0 Å². The average molecular weight is 525 g/mol. The Morgan fingerprint density at radius 3 is 2.73 bits per heavy atom. The molecule has 0 bridgehead atoms. The van der Waals surface area contributed by atoms with Gasteiger partial charge in [0.25, 0.3) is 5.91 Å². The fraction of sp³-hybridized carbons (Fsp3) is 0.296. The van der Waals surface area contributed by atoms with Crippen LogP contribution in [0.1, 0.15) is 35.7 Å². The van der Waals surface area contributed by atoms with Crippen molar-refractivity contribution in [2.45, 2.75) is 26.2 Å². The van der Waals surface area contributed by atoms with E-state index in [1.807, 2.05) is 19.1 Å². The zero-order chi connectivity index (χ0) is 25.9. The lowest BCUT2D eigenvalue weighted by atomic mass is 10.0. The Morgan fingerprint density at radius 1 is 1.14 bits per heavy atom. The van der Waals surface area contributed by atoms with Crippen molar-refractivity contribution in [3.63, 3.8) is 0 Å². The van der Waals surface area contributed by atoms with Gasteiger partial charge >= 0.3 is 0 Å². The van der Waals surface area contributed by atoms with Gasteiger partial charge in [0.1, 0.15) is 0 Å². The summed E-state index contributed by atoms with van der Waals surface area (Å²) >= 11 is 5.70. The predicted molar refractivity (Wildman–Crippen MR) is 140 cm³/mol. The highest BCUT2D eigenvalue weighted by molar-refractivity contribution is 6.30. The molecule has 1 aliphatic heterocycles. The van der Waals surface area contributed by atoms with Crippen LogP contribution in [0, 0.1) is 11.6 Å². The van der Waals surface area contributed by atoms with E-state index in [2.05, 4.69) is 25.5 Å². The lowest BCUT2D eigenvalue weighted by Crippen LogP contribution is -2.39. The molecular weight excluding hydrogens is 498 g/mol. The maximum atomic E-state index is 14.6. The number of anilines is 2. The van der Waals surface area contributed by atoms with Crippen LogP contribution >= 0.6 is 11.6 Å². The molecule has 2 aromatic heterocycles. The highest BCUT2D eigenvalue weighted by Crippen LogP contribution is 2.31. The average Bonchev–Trinajstić information content (AvgIpc) is 3.31. The topological polar surface area (TPSA) is 74.6 Å². The molecule has 192 valence electrons. The molecule has 0 unspecified atom stereocenters. The van der Waals surface area contributed by atoms with Gasteiger partial charge in [0, 0.05) is 35.8 Å². The number of aryl methyl sites for hydroxylation is 1. The molecule has 4 aromatic rings. The first-order chi connectivity index (χ1) is 18.0. The number of carbonyl (C=O) groups is 1. The van der Waals surface area contributed by atoms with E-state index in [9.17, 15) is 13.6 Å². The summed E-state index contributed by atoms with van der Waals surface area (Å²) in [6, 6.07) is 8.26. The number of benzene rings is 2. The second kappa shape index (κ2) is 10.8. The fourth-order valence-corrected chi connectivity index (χ4v) is 4.60. The van der Waals surface area contributed by atoms with Crippen molar-refractivity contribution >= 4 is 34.7 Å². The molecule has 0 radical (unpaired) electrons. The maximum Gasteiger partial charge on any atom is 0.251 e. The minimum absolute atomic E-state index is 0.0417. The zero-order valence-corrected chi connectivity index (χ0v) is 21.2. The summed E-state index contributed by atoms with van der Waals surface area (Å²) in [5.74, 6) is -1.78. The molecule has 5 rings (SSSR count). The summed E-state index contributed by atoms with van der Waals surface area (Å²) in [4.78, 5) is 23.9. The number of rotatable bonds is 9. The molecule has 10 heteroatoms. The number of hydrogen-bond acceptors (Lipinski definition) is 5. The minimum Gasteiger partial charge on any atom is -0.352 e. The molecule has 1 amide bonds. The van der Waals surface area contributed by atoms with Crippen molar-refractivity contribution in [2.75, 3.05) is 31.5 Å². The smallest absolute Gasteiger partial charge is 0.251 e. The Hall–Kier alpha value is -3.56. The number of aromatic nitrogens is 3. The summed E-state index contributed by atoms with van der Waals surface area (Å²) in [7, 11) is 0. The summed E-state index contributed by atoms with van der Waals surface area (Å²) in [6.07, 6.45) is 7.51. The molecule has 2 aromatic carbocycles. The van der Waals surface area contributed by atoms with Crippen molar-refractivity contribution in [3.05, 3.63) is 76.7 Å². The number of nitrogens with zero attached hydrogens (tertiary/aromatic N) is 4. The van der Waals surface area contributed by atoms with Crippen molar-refractivity contribution < 1.29 is 13.6 Å². The van der Waals surface area contributed by atoms with E-state index in [1.165, 1.54) is 24.8 Å². The Bertz CT molecular complexity index is 1450. The van der Waals surface area contributed by atoms with Crippen molar-refractivity contribution in [1.82, 2.24) is 24.6 Å². The third kappa shape index (κ3) is 5.14. The zero-order valence-electron chi connectivity index (χ0n) is 20.4. The second-order valence-electron chi connectivity index (χ2n) is 8.99. The molecule has 1 saturated heterocycles. The van der Waals surface area contributed by atoms with Crippen LogP contribution in [0.15, 0.2) is 48.9 Å². The van der Waals surface area contributed by atoms with Gasteiger partial charge < -0.3 is 15.5 Å². The quantitative estimate of drug-likeness (QED) is 0.225. The van der Waals surface area contributed by atoms with Crippen LogP contribution in [0.5, 0.6) is 0 Å². The normalized spacial score (nSPS) is 13.5. The first-order valence-electron chi connectivity index (χ1n) is 12.3. The Balaban J connectivity index is 1.34. The number of fused-ring (bicyclic) bond motifs is 1. The van der Waals surface area contributed by atoms with E-state index >= 15 is 0 Å². The first kappa shape index (κ1) is 25.1. The van der Waals surface area contributed by atoms with Gasteiger partial charge in [0.05, 0.1) is 16.9 Å². The SMILES string of the molecule is CCc1cc(Nc2nccn3c(-c4ccc(Cl)c(F)c4F)cnc23)ccc1C(=O)NCCCN1CCC1. The molecule has 0 atom stereocenters. The number of amides is 1. The standard InChI is InChI=1S/C27H27ClF2N6O/c1-2-17-15-18(5-6-19(17)27(37)32-9-3-11-35-12-4-13-35)34-25-26-33-16-22(36(26)14-10-31-25)20-7-8-21(28)24(30)23(20)29/h5-8,10,14-16H,2-4,9,11-13H2,1H3,(H,31,34)(H,32,37). The van der Waals surface area contributed by atoms with Crippen molar-refractivity contribution in [2.24, 2.45) is 0 Å². The molecule has 1 fully saturated rings. The molecular formula is C27H27ClF2N6O. The Kier molecular flexibility index (Phi) is 7.34. The molecule has 0 aliphatic carbocycles. The number of halogens is 3. The summed E-state index contributed by atoms with van der Waals surface area (Å²) in [6.45, 7) is 5.96. The highest BCUT2D eigenvalue weighted by Gasteiger charge is 2.19. The van der Waals surface area contributed by atoms with Gasteiger partial charge in [0.15, 0.2) is 23.1 Å². The van der Waals surface area contributed by atoms with Gasteiger partial charge in [0.2, 0.25) is 0 Å². The van der Waals surface area contributed by atoms with E-state index < -0.39 is 11.6 Å². The molecule has 1 aliphatic rings. The molecule has 0 saturated carbocycles. The Morgan fingerprint density at radius 2 is 1.97 bits per heavy atom. The third-order valence-corrected chi connectivity index (χ3v) is 6.91. The lowest BCUT2D eigenvalue weighted by molar-refractivity contribution is 0.0948. The highest BCUT2D eigenvalue weighted by atomic mass is 35.5. The van der Waals surface area contributed by atoms with Gasteiger partial charge in [-0.05, 0) is 74.8 Å². The van der Waals surface area contributed by atoms with Crippen LogP contribution in [0.2, 0.25) is 5.02 Å². The largest absolute Gasteiger partial charge is 0.352 e. The molecule has 37 heavy (non-hydrogen) atoms. The van der Waals surface area contributed by atoms with Crippen LogP contribution in [0.25, 0.3) is 16.9 Å². The van der Waals surface area contributed by atoms with Crippen LogP contribution in [-0.2, 0) is 6.42 Å². The first-order valence-corrected chi connectivity index (χ1v) is 12.7.